The van der Waals surface area contributed by atoms with E-state index in [9.17, 15) is 0 Å². The van der Waals surface area contributed by atoms with Crippen LogP contribution in [-0.2, 0) is 0 Å². The zero-order valence-corrected chi connectivity index (χ0v) is 5.94. The maximum absolute atomic E-state index is 5.26. The predicted molar refractivity (Wildman–Crippen MR) is 39.1 cm³/mol. The molecule has 0 heterocycles. The van der Waals surface area contributed by atoms with Gasteiger partial charge in [-0.15, -0.1) is 0 Å². The Bertz CT molecular complexity index is 89.3. The van der Waals surface area contributed by atoms with Crippen molar-refractivity contribution in [1.29, 1.82) is 0 Å². The Balaban J connectivity index is 3.56. The Labute approximate surface area is 54.8 Å². The van der Waals surface area contributed by atoms with E-state index in [2.05, 4.69) is 22.9 Å². The maximum Gasteiger partial charge on any atom is 0.189 e. The average Bonchev–Trinajstić information content (AvgIpc) is 1.65. The molecular formula is C4H11N3S. The van der Waals surface area contributed by atoms with Crippen LogP contribution in [0.4, 0.5) is 0 Å². The van der Waals surface area contributed by atoms with Gasteiger partial charge in [-0.05, 0) is 6.92 Å². The van der Waals surface area contributed by atoms with Crippen molar-refractivity contribution in [3.8, 4) is 0 Å². The zero-order chi connectivity index (χ0) is 6.57. The van der Waals surface area contributed by atoms with Gasteiger partial charge in [0.25, 0.3) is 0 Å². The minimum absolute atomic E-state index is 0.0255. The molecule has 0 fully saturated rings. The Hall–Kier alpha value is -0.380. The van der Waals surface area contributed by atoms with Gasteiger partial charge < -0.3 is 11.1 Å². The topological polar surface area (TPSA) is 50.4 Å². The minimum atomic E-state index is -0.0255. The molecule has 0 spiro atoms. The molecule has 0 aromatic rings. The van der Waals surface area contributed by atoms with E-state index in [-0.39, 0.29) is 5.37 Å². The predicted octanol–water partition coefficient (Wildman–Crippen LogP) is -0.204. The number of aliphatic imine (C=N–C) groups is 1. The molecule has 0 aliphatic heterocycles. The second-order valence-corrected chi connectivity index (χ2v) is 2.14. The largest absolute Gasteiger partial charge is 0.370 e. The molecule has 0 rings (SSSR count). The molecule has 3 N–H and O–H groups in total. The summed E-state index contributed by atoms with van der Waals surface area (Å²) in [7, 11) is 1.72. The summed E-state index contributed by atoms with van der Waals surface area (Å²) in [4.78, 5) is 3.84. The van der Waals surface area contributed by atoms with Gasteiger partial charge in [0, 0.05) is 7.05 Å². The van der Waals surface area contributed by atoms with Crippen molar-refractivity contribution in [3.05, 3.63) is 0 Å². The number of rotatable bonds is 1. The van der Waals surface area contributed by atoms with Crippen molar-refractivity contribution in [2.75, 3.05) is 7.05 Å². The number of hydrogen-bond donors (Lipinski definition) is 3. The Morgan fingerprint density at radius 1 is 1.88 bits per heavy atom. The summed E-state index contributed by atoms with van der Waals surface area (Å²) in [5.74, 6) is 0.424. The molecular weight excluding hydrogens is 122 g/mol. The summed E-state index contributed by atoms with van der Waals surface area (Å²) in [6.45, 7) is 1.84. The molecule has 1 atom stereocenters. The van der Waals surface area contributed by atoms with Gasteiger partial charge in [-0.2, -0.15) is 12.6 Å². The summed E-state index contributed by atoms with van der Waals surface area (Å²) < 4.78 is 0. The Morgan fingerprint density at radius 2 is 2.38 bits per heavy atom. The fourth-order valence-electron chi connectivity index (χ4n) is 0.266. The average molecular weight is 133 g/mol. The highest BCUT2D eigenvalue weighted by atomic mass is 32.1. The molecule has 0 saturated heterocycles. The van der Waals surface area contributed by atoms with Crippen LogP contribution in [0.25, 0.3) is 0 Å². The first kappa shape index (κ1) is 7.62. The van der Waals surface area contributed by atoms with Crippen LogP contribution in [0.2, 0.25) is 0 Å². The minimum Gasteiger partial charge on any atom is -0.370 e. The van der Waals surface area contributed by atoms with Crippen molar-refractivity contribution in [2.45, 2.75) is 12.3 Å². The van der Waals surface area contributed by atoms with E-state index < -0.39 is 0 Å². The van der Waals surface area contributed by atoms with Crippen LogP contribution >= 0.6 is 12.6 Å². The second kappa shape index (κ2) is 3.60. The third-order valence-corrected chi connectivity index (χ3v) is 0.698. The van der Waals surface area contributed by atoms with E-state index in [0.717, 1.165) is 0 Å². The molecule has 0 aliphatic carbocycles. The molecule has 0 aromatic heterocycles. The van der Waals surface area contributed by atoms with Crippen molar-refractivity contribution in [2.24, 2.45) is 10.7 Å². The first-order valence-corrected chi connectivity index (χ1v) is 2.87. The van der Waals surface area contributed by atoms with Crippen molar-refractivity contribution >= 4 is 18.6 Å². The third-order valence-electron chi connectivity index (χ3n) is 0.582. The van der Waals surface area contributed by atoms with Crippen molar-refractivity contribution < 1.29 is 0 Å². The summed E-state index contributed by atoms with van der Waals surface area (Å²) in [5.41, 5.74) is 5.26. The van der Waals surface area contributed by atoms with Crippen LogP contribution in [0.5, 0.6) is 0 Å². The monoisotopic (exact) mass is 133 g/mol. The summed E-state index contributed by atoms with van der Waals surface area (Å²) in [6, 6.07) is 0. The van der Waals surface area contributed by atoms with Gasteiger partial charge in [-0.1, -0.05) is 0 Å². The van der Waals surface area contributed by atoms with Gasteiger partial charge in [0.2, 0.25) is 0 Å². The van der Waals surface area contributed by atoms with Crippen molar-refractivity contribution in [3.63, 3.8) is 0 Å². The van der Waals surface area contributed by atoms with E-state index >= 15 is 0 Å². The standard InChI is InChI=1S/C4H11N3S/c1-3(8)7-4(5)6-2/h3,8H,1-2H3,(H3,5,6,7). The van der Waals surface area contributed by atoms with Crippen LogP contribution in [0.15, 0.2) is 4.99 Å². The SMILES string of the molecule is CN/C(N)=N\C(C)S. The van der Waals surface area contributed by atoms with E-state index in [4.69, 9.17) is 5.73 Å². The first-order chi connectivity index (χ1) is 3.66. The first-order valence-electron chi connectivity index (χ1n) is 2.36. The van der Waals surface area contributed by atoms with E-state index in [1.54, 1.807) is 7.05 Å². The number of guanidine groups is 1. The highest BCUT2D eigenvalue weighted by molar-refractivity contribution is 7.80. The van der Waals surface area contributed by atoms with Crippen LogP contribution in [0.1, 0.15) is 6.92 Å². The molecule has 1 unspecified atom stereocenters. The fourth-order valence-corrected chi connectivity index (χ4v) is 0.390. The maximum atomic E-state index is 5.26. The van der Waals surface area contributed by atoms with E-state index in [1.165, 1.54) is 0 Å². The molecule has 0 aliphatic rings. The molecule has 0 radical (unpaired) electrons. The van der Waals surface area contributed by atoms with E-state index in [0.29, 0.717) is 5.96 Å². The van der Waals surface area contributed by atoms with E-state index in [1.807, 2.05) is 6.92 Å². The molecule has 0 bridgehead atoms. The van der Waals surface area contributed by atoms with Crippen LogP contribution < -0.4 is 11.1 Å². The van der Waals surface area contributed by atoms with Gasteiger partial charge in [0.1, 0.15) is 0 Å². The normalized spacial score (nSPS) is 15.6. The molecule has 0 aromatic carbocycles. The highest BCUT2D eigenvalue weighted by Crippen LogP contribution is 1.90. The number of thiol groups is 1. The lowest BCUT2D eigenvalue weighted by Crippen LogP contribution is -2.28. The van der Waals surface area contributed by atoms with Crippen LogP contribution in [0.3, 0.4) is 0 Å². The molecule has 3 nitrogen and oxygen atoms in total. The number of nitrogens with one attached hydrogen (secondary N) is 1. The number of hydrogen-bond acceptors (Lipinski definition) is 2. The van der Waals surface area contributed by atoms with Crippen molar-refractivity contribution in [1.82, 2.24) is 5.32 Å². The lowest BCUT2D eigenvalue weighted by Gasteiger charge is -1.98. The molecule has 0 saturated carbocycles. The Morgan fingerprint density at radius 3 is 2.50 bits per heavy atom. The van der Waals surface area contributed by atoms with Gasteiger partial charge in [-0.3, -0.25) is 0 Å². The molecule has 0 amide bonds. The van der Waals surface area contributed by atoms with Gasteiger partial charge in [0.15, 0.2) is 5.96 Å². The quantitative estimate of drug-likeness (QED) is 0.263. The zero-order valence-electron chi connectivity index (χ0n) is 5.05. The smallest absolute Gasteiger partial charge is 0.189 e. The lowest BCUT2D eigenvalue weighted by molar-refractivity contribution is 1.00. The lowest BCUT2D eigenvalue weighted by atomic mass is 10.7. The number of nitrogens with zero attached hydrogens (tertiary/aromatic N) is 1. The van der Waals surface area contributed by atoms with Gasteiger partial charge in [-0.25, -0.2) is 4.99 Å². The fraction of sp³-hybridized carbons (Fsp3) is 0.750. The third kappa shape index (κ3) is 3.80. The van der Waals surface area contributed by atoms with Gasteiger partial charge >= 0.3 is 0 Å². The second-order valence-electron chi connectivity index (χ2n) is 1.40. The molecule has 48 valence electrons. The summed E-state index contributed by atoms with van der Waals surface area (Å²) in [5, 5.41) is 2.65. The summed E-state index contributed by atoms with van der Waals surface area (Å²) >= 11 is 3.98. The molecule has 8 heavy (non-hydrogen) atoms. The number of nitrogens with two attached hydrogens (primary N) is 1. The van der Waals surface area contributed by atoms with Crippen LogP contribution in [0, 0.1) is 0 Å². The van der Waals surface area contributed by atoms with Gasteiger partial charge in [0.05, 0.1) is 5.37 Å². The highest BCUT2D eigenvalue weighted by Gasteiger charge is 1.87. The van der Waals surface area contributed by atoms with Crippen LogP contribution in [-0.4, -0.2) is 18.4 Å². The summed E-state index contributed by atoms with van der Waals surface area (Å²) in [6.07, 6.45) is 0. The Kier molecular flexibility index (Phi) is 3.43. The molecule has 4 heteroatoms.